The lowest BCUT2D eigenvalue weighted by Crippen LogP contribution is -2.44. The van der Waals surface area contributed by atoms with Gasteiger partial charge in [-0.15, -0.1) is 5.92 Å². The van der Waals surface area contributed by atoms with E-state index < -0.39 is 17.9 Å². The van der Waals surface area contributed by atoms with E-state index >= 15 is 0 Å². The molecule has 0 unspecified atom stereocenters. The van der Waals surface area contributed by atoms with Crippen molar-refractivity contribution in [3.05, 3.63) is 29.8 Å². The number of carbonyl (C=O) groups excluding carboxylic acids is 2. The molecule has 0 spiro atoms. The summed E-state index contributed by atoms with van der Waals surface area (Å²) < 4.78 is 5.03. The number of nitrogen functional groups attached to an aromatic ring is 1. The molecule has 0 saturated heterocycles. The van der Waals surface area contributed by atoms with Crippen molar-refractivity contribution in [1.29, 1.82) is 0 Å². The Balaban J connectivity index is 3.17. The van der Waals surface area contributed by atoms with E-state index in [1.165, 1.54) is 6.92 Å². The summed E-state index contributed by atoms with van der Waals surface area (Å²) >= 11 is 0. The van der Waals surface area contributed by atoms with E-state index in [2.05, 4.69) is 17.2 Å². The zero-order valence-electron chi connectivity index (χ0n) is 12.5. The Morgan fingerprint density at radius 2 is 1.95 bits per heavy atom. The number of amides is 1. The number of benzene rings is 1. The summed E-state index contributed by atoms with van der Waals surface area (Å²) in [6.07, 6.45) is 0. The molecule has 3 N–H and O–H groups in total. The van der Waals surface area contributed by atoms with Crippen LogP contribution in [0, 0.1) is 11.8 Å². The van der Waals surface area contributed by atoms with Gasteiger partial charge >= 0.3 is 5.97 Å². The number of hydrogen-bond acceptors (Lipinski definition) is 4. The molecule has 0 aliphatic heterocycles. The molecule has 1 aromatic carbocycles. The molecule has 1 aromatic rings. The van der Waals surface area contributed by atoms with E-state index in [4.69, 9.17) is 10.5 Å². The molecule has 0 radical (unpaired) electrons. The minimum absolute atomic E-state index is 0.239. The van der Waals surface area contributed by atoms with Gasteiger partial charge in [-0.25, -0.2) is 4.79 Å². The lowest BCUT2D eigenvalue weighted by Gasteiger charge is -2.22. The van der Waals surface area contributed by atoms with Gasteiger partial charge in [0.15, 0.2) is 0 Å². The Bertz CT molecular complexity index is 555. The van der Waals surface area contributed by atoms with Crippen LogP contribution in [0.2, 0.25) is 0 Å². The SMILES string of the molecule is CC#C[C@H](c1ccc(N)cc1)[C@H](NC(C)=O)C(=O)OCC. The van der Waals surface area contributed by atoms with Crippen molar-refractivity contribution in [2.75, 3.05) is 12.3 Å². The van der Waals surface area contributed by atoms with E-state index in [-0.39, 0.29) is 12.5 Å². The summed E-state index contributed by atoms with van der Waals surface area (Å²) in [7, 11) is 0. The van der Waals surface area contributed by atoms with Crippen molar-refractivity contribution in [2.24, 2.45) is 0 Å². The van der Waals surface area contributed by atoms with Gasteiger partial charge in [0.2, 0.25) is 5.91 Å². The first-order chi connectivity index (χ1) is 9.99. The highest BCUT2D eigenvalue weighted by molar-refractivity contribution is 5.84. The zero-order valence-corrected chi connectivity index (χ0v) is 12.5. The molecule has 21 heavy (non-hydrogen) atoms. The summed E-state index contributed by atoms with van der Waals surface area (Å²) in [5, 5.41) is 2.62. The smallest absolute Gasteiger partial charge is 0.330 e. The van der Waals surface area contributed by atoms with Crippen LogP contribution in [0.5, 0.6) is 0 Å². The molecule has 1 amide bonds. The van der Waals surface area contributed by atoms with Crippen LogP contribution in [0.1, 0.15) is 32.3 Å². The lowest BCUT2D eigenvalue weighted by molar-refractivity contribution is -0.147. The highest BCUT2D eigenvalue weighted by atomic mass is 16.5. The normalized spacial score (nSPS) is 12.5. The van der Waals surface area contributed by atoms with Crippen LogP contribution in [0.3, 0.4) is 0 Å². The maximum atomic E-state index is 12.1. The van der Waals surface area contributed by atoms with Crippen LogP contribution in [0.25, 0.3) is 0 Å². The predicted molar refractivity (Wildman–Crippen MR) is 81.3 cm³/mol. The number of rotatable bonds is 5. The highest BCUT2D eigenvalue weighted by Gasteiger charge is 2.30. The van der Waals surface area contributed by atoms with Gasteiger partial charge in [-0.1, -0.05) is 18.1 Å². The van der Waals surface area contributed by atoms with Crippen LogP contribution in [-0.2, 0) is 14.3 Å². The summed E-state index contributed by atoms with van der Waals surface area (Å²) in [5.41, 5.74) is 7.08. The largest absolute Gasteiger partial charge is 0.464 e. The molecule has 0 aliphatic rings. The Morgan fingerprint density at radius 3 is 2.43 bits per heavy atom. The lowest BCUT2D eigenvalue weighted by atomic mass is 9.91. The Labute approximate surface area is 124 Å². The minimum atomic E-state index is -0.849. The fourth-order valence-corrected chi connectivity index (χ4v) is 1.95. The second-order valence-electron chi connectivity index (χ2n) is 4.47. The van der Waals surface area contributed by atoms with Crippen molar-refractivity contribution in [2.45, 2.75) is 32.7 Å². The number of hydrogen-bond donors (Lipinski definition) is 2. The van der Waals surface area contributed by atoms with Crippen LogP contribution < -0.4 is 11.1 Å². The third kappa shape index (κ3) is 4.84. The number of esters is 1. The number of carbonyl (C=O) groups is 2. The van der Waals surface area contributed by atoms with Gasteiger partial charge in [-0.2, -0.15) is 0 Å². The third-order valence-corrected chi connectivity index (χ3v) is 2.83. The quantitative estimate of drug-likeness (QED) is 0.488. The molecule has 112 valence electrons. The first kappa shape index (κ1) is 16.6. The van der Waals surface area contributed by atoms with E-state index in [9.17, 15) is 9.59 Å². The number of nitrogens with two attached hydrogens (primary N) is 1. The van der Waals surface area contributed by atoms with E-state index in [1.54, 1.807) is 38.1 Å². The molecule has 0 aromatic heterocycles. The van der Waals surface area contributed by atoms with Crippen molar-refractivity contribution in [3.63, 3.8) is 0 Å². The fraction of sp³-hybridized carbons (Fsp3) is 0.375. The van der Waals surface area contributed by atoms with Gasteiger partial charge in [0, 0.05) is 12.6 Å². The number of anilines is 1. The van der Waals surface area contributed by atoms with Crippen molar-refractivity contribution >= 4 is 17.6 Å². The van der Waals surface area contributed by atoms with Gasteiger partial charge in [0.05, 0.1) is 12.5 Å². The predicted octanol–water partition coefficient (Wildman–Crippen LogP) is 1.44. The molecule has 5 heteroatoms. The molecule has 0 aliphatic carbocycles. The van der Waals surface area contributed by atoms with Gasteiger partial charge < -0.3 is 15.8 Å². The Morgan fingerprint density at radius 1 is 1.33 bits per heavy atom. The van der Waals surface area contributed by atoms with Crippen molar-refractivity contribution in [1.82, 2.24) is 5.32 Å². The standard InChI is InChI=1S/C16H20N2O3/c1-4-6-14(12-7-9-13(17)10-8-12)15(18-11(3)19)16(20)21-5-2/h7-10,14-15H,5,17H2,1-3H3,(H,18,19)/t14-,15+/m1/s1. The fourth-order valence-electron chi connectivity index (χ4n) is 1.95. The number of nitrogens with one attached hydrogen (secondary N) is 1. The molecule has 0 heterocycles. The molecule has 0 bridgehead atoms. The van der Waals surface area contributed by atoms with E-state index in [0.717, 1.165) is 5.56 Å². The van der Waals surface area contributed by atoms with Gasteiger partial charge in [-0.3, -0.25) is 4.79 Å². The second-order valence-corrected chi connectivity index (χ2v) is 4.47. The maximum absolute atomic E-state index is 12.1. The minimum Gasteiger partial charge on any atom is -0.464 e. The third-order valence-electron chi connectivity index (χ3n) is 2.83. The maximum Gasteiger partial charge on any atom is 0.330 e. The molecular weight excluding hydrogens is 268 g/mol. The Hall–Kier alpha value is -2.48. The summed E-state index contributed by atoms with van der Waals surface area (Å²) in [6, 6.07) is 6.20. The van der Waals surface area contributed by atoms with Crippen molar-refractivity contribution in [3.8, 4) is 11.8 Å². The summed E-state index contributed by atoms with van der Waals surface area (Å²) in [6.45, 7) is 4.99. The zero-order chi connectivity index (χ0) is 15.8. The van der Waals surface area contributed by atoms with Crippen LogP contribution in [-0.4, -0.2) is 24.5 Å². The second kappa shape index (κ2) is 7.95. The highest BCUT2D eigenvalue weighted by Crippen LogP contribution is 2.21. The van der Waals surface area contributed by atoms with Crippen LogP contribution >= 0.6 is 0 Å². The monoisotopic (exact) mass is 288 g/mol. The van der Waals surface area contributed by atoms with Gasteiger partial charge in [0.25, 0.3) is 0 Å². The molecular formula is C16H20N2O3. The molecule has 0 saturated carbocycles. The summed E-state index contributed by atoms with van der Waals surface area (Å²) in [4.78, 5) is 23.5. The Kier molecular flexibility index (Phi) is 6.28. The van der Waals surface area contributed by atoms with Gasteiger partial charge in [0.1, 0.15) is 6.04 Å². The number of ether oxygens (including phenoxy) is 1. The van der Waals surface area contributed by atoms with Crippen LogP contribution in [0.15, 0.2) is 24.3 Å². The molecule has 0 fully saturated rings. The van der Waals surface area contributed by atoms with E-state index in [1.807, 2.05) is 0 Å². The summed E-state index contributed by atoms with van der Waals surface area (Å²) in [5.74, 6) is 4.44. The average Bonchev–Trinajstić information content (AvgIpc) is 2.44. The van der Waals surface area contributed by atoms with Crippen LogP contribution in [0.4, 0.5) is 5.69 Å². The molecule has 2 atom stereocenters. The van der Waals surface area contributed by atoms with Gasteiger partial charge in [-0.05, 0) is 31.5 Å². The molecule has 5 nitrogen and oxygen atoms in total. The molecule has 1 rings (SSSR count). The first-order valence-electron chi connectivity index (χ1n) is 6.71. The van der Waals surface area contributed by atoms with Crippen molar-refractivity contribution < 1.29 is 14.3 Å². The van der Waals surface area contributed by atoms with E-state index in [0.29, 0.717) is 5.69 Å². The first-order valence-corrected chi connectivity index (χ1v) is 6.71. The average molecular weight is 288 g/mol. The topological polar surface area (TPSA) is 81.4 Å².